The molecule has 0 aliphatic heterocycles. The van der Waals surface area contributed by atoms with E-state index in [1.54, 1.807) is 12.1 Å². The zero-order valence-electron chi connectivity index (χ0n) is 8.21. The van der Waals surface area contributed by atoms with Gasteiger partial charge in [-0.3, -0.25) is 4.79 Å². The second-order valence-corrected chi connectivity index (χ2v) is 3.31. The van der Waals surface area contributed by atoms with Gasteiger partial charge >= 0.3 is 0 Å². The van der Waals surface area contributed by atoms with Crippen LogP contribution in [-0.4, -0.2) is 11.3 Å². The lowest BCUT2D eigenvalue weighted by atomic mass is 10.3. The molecule has 2 heterocycles. The van der Waals surface area contributed by atoms with Gasteiger partial charge < -0.3 is 8.83 Å². The fourth-order valence-corrected chi connectivity index (χ4v) is 1.51. The molecule has 0 atom stereocenters. The van der Waals surface area contributed by atoms with Gasteiger partial charge in [-0.25, -0.2) is 4.98 Å². The van der Waals surface area contributed by atoms with E-state index in [0.29, 0.717) is 23.5 Å². The van der Waals surface area contributed by atoms with Crippen LogP contribution in [0.5, 0.6) is 0 Å². The van der Waals surface area contributed by atoms with Crippen LogP contribution >= 0.6 is 0 Å². The molecule has 0 fully saturated rings. The average molecular weight is 213 g/mol. The molecule has 78 valence electrons. The number of nitrogens with zero attached hydrogens (tertiary/aromatic N) is 1. The summed E-state index contributed by atoms with van der Waals surface area (Å²) in [4.78, 5) is 14.7. The highest BCUT2D eigenvalue weighted by Gasteiger charge is 2.11. The molecule has 2 aromatic heterocycles. The summed E-state index contributed by atoms with van der Waals surface area (Å²) >= 11 is 0. The first kappa shape index (κ1) is 8.91. The van der Waals surface area contributed by atoms with Crippen molar-refractivity contribution in [3.05, 3.63) is 42.2 Å². The Hall–Kier alpha value is -2.36. The molecule has 0 spiro atoms. The van der Waals surface area contributed by atoms with Crippen LogP contribution in [0.25, 0.3) is 22.8 Å². The lowest BCUT2D eigenvalue weighted by molar-refractivity contribution is 0.110. The lowest BCUT2D eigenvalue weighted by Crippen LogP contribution is -1.72. The number of fused-ring (bicyclic) bond motifs is 1. The van der Waals surface area contributed by atoms with E-state index in [4.69, 9.17) is 8.83 Å². The number of hydrogen-bond acceptors (Lipinski definition) is 4. The number of furan rings is 1. The van der Waals surface area contributed by atoms with Crippen LogP contribution in [0.4, 0.5) is 0 Å². The Morgan fingerprint density at radius 2 is 1.94 bits per heavy atom. The zero-order valence-corrected chi connectivity index (χ0v) is 8.21. The average Bonchev–Trinajstić information content (AvgIpc) is 2.95. The zero-order chi connectivity index (χ0) is 11.0. The van der Waals surface area contributed by atoms with E-state index in [-0.39, 0.29) is 5.76 Å². The summed E-state index contributed by atoms with van der Waals surface area (Å²) in [5.41, 5.74) is 1.46. The Kier molecular flexibility index (Phi) is 1.86. The summed E-state index contributed by atoms with van der Waals surface area (Å²) < 4.78 is 10.7. The van der Waals surface area contributed by atoms with Gasteiger partial charge in [-0.05, 0) is 24.3 Å². The van der Waals surface area contributed by atoms with E-state index < -0.39 is 0 Å². The van der Waals surface area contributed by atoms with Gasteiger partial charge in [-0.15, -0.1) is 0 Å². The number of aromatic nitrogens is 1. The Labute approximate surface area is 90.5 Å². The van der Waals surface area contributed by atoms with E-state index >= 15 is 0 Å². The van der Waals surface area contributed by atoms with Gasteiger partial charge in [-0.1, -0.05) is 12.1 Å². The van der Waals surface area contributed by atoms with Crippen LogP contribution in [0.15, 0.2) is 45.2 Å². The van der Waals surface area contributed by atoms with Crippen LogP contribution in [0.2, 0.25) is 0 Å². The molecule has 0 aliphatic rings. The highest BCUT2D eigenvalue weighted by atomic mass is 16.4. The van der Waals surface area contributed by atoms with E-state index in [1.807, 2.05) is 24.3 Å². The maximum absolute atomic E-state index is 10.5. The van der Waals surface area contributed by atoms with Gasteiger partial charge in [0.1, 0.15) is 5.52 Å². The first-order valence-corrected chi connectivity index (χ1v) is 4.78. The van der Waals surface area contributed by atoms with Crippen LogP contribution in [-0.2, 0) is 0 Å². The molecule has 0 aliphatic carbocycles. The first-order chi connectivity index (χ1) is 7.86. The van der Waals surface area contributed by atoms with Crippen molar-refractivity contribution in [3.63, 3.8) is 0 Å². The van der Waals surface area contributed by atoms with Crippen molar-refractivity contribution in [2.24, 2.45) is 0 Å². The van der Waals surface area contributed by atoms with Crippen molar-refractivity contribution in [1.82, 2.24) is 4.98 Å². The topological polar surface area (TPSA) is 56.2 Å². The van der Waals surface area contributed by atoms with Crippen molar-refractivity contribution >= 4 is 17.4 Å². The number of para-hydroxylation sites is 2. The minimum atomic E-state index is 0.261. The molecule has 0 unspecified atom stereocenters. The number of benzene rings is 1. The molecule has 16 heavy (non-hydrogen) atoms. The smallest absolute Gasteiger partial charge is 0.263 e. The molecular formula is C12H7NO3. The van der Waals surface area contributed by atoms with Gasteiger partial charge in [0, 0.05) is 0 Å². The molecule has 0 amide bonds. The molecule has 0 saturated carbocycles. The van der Waals surface area contributed by atoms with Gasteiger partial charge in [0.25, 0.3) is 5.89 Å². The van der Waals surface area contributed by atoms with Gasteiger partial charge in [0.15, 0.2) is 23.4 Å². The predicted octanol–water partition coefficient (Wildman–Crippen LogP) is 2.90. The third-order valence-electron chi connectivity index (χ3n) is 2.25. The van der Waals surface area contributed by atoms with Crippen molar-refractivity contribution < 1.29 is 13.6 Å². The normalized spacial score (nSPS) is 10.8. The fourth-order valence-electron chi connectivity index (χ4n) is 1.51. The van der Waals surface area contributed by atoms with Crippen molar-refractivity contribution in [2.45, 2.75) is 0 Å². The number of hydrogen-bond donors (Lipinski definition) is 0. The summed E-state index contributed by atoms with van der Waals surface area (Å²) in [6.07, 6.45) is 0.645. The quantitative estimate of drug-likeness (QED) is 0.614. The van der Waals surface area contributed by atoms with Crippen molar-refractivity contribution in [3.8, 4) is 11.7 Å². The van der Waals surface area contributed by atoms with Crippen LogP contribution in [0.3, 0.4) is 0 Å². The van der Waals surface area contributed by atoms with Gasteiger partial charge in [0.2, 0.25) is 0 Å². The van der Waals surface area contributed by atoms with Crippen LogP contribution in [0, 0.1) is 0 Å². The fraction of sp³-hybridized carbons (Fsp3) is 0. The highest BCUT2D eigenvalue weighted by Crippen LogP contribution is 2.25. The lowest BCUT2D eigenvalue weighted by Gasteiger charge is -1.85. The molecule has 4 heteroatoms. The number of aldehydes is 1. The maximum Gasteiger partial charge on any atom is 0.263 e. The molecule has 3 rings (SSSR count). The number of oxazole rings is 1. The number of carbonyl (C=O) groups excluding carboxylic acids is 1. The van der Waals surface area contributed by atoms with Crippen LogP contribution in [0.1, 0.15) is 10.6 Å². The summed E-state index contributed by atoms with van der Waals surface area (Å²) in [5, 5.41) is 0. The van der Waals surface area contributed by atoms with E-state index in [9.17, 15) is 4.79 Å². The van der Waals surface area contributed by atoms with E-state index in [1.165, 1.54) is 0 Å². The number of carbonyl (C=O) groups is 1. The summed E-state index contributed by atoms with van der Waals surface area (Å²) in [5.74, 6) is 1.10. The molecule has 1 aromatic carbocycles. The summed E-state index contributed by atoms with van der Waals surface area (Å²) in [7, 11) is 0. The third kappa shape index (κ3) is 1.32. The number of rotatable bonds is 2. The van der Waals surface area contributed by atoms with Crippen LogP contribution < -0.4 is 0 Å². The molecule has 0 bridgehead atoms. The molecular weight excluding hydrogens is 206 g/mol. The van der Waals surface area contributed by atoms with Gasteiger partial charge in [-0.2, -0.15) is 0 Å². The Balaban J connectivity index is 2.14. The standard InChI is InChI=1S/C12H7NO3/c14-7-8-5-6-11(15-8)12-13-9-3-1-2-4-10(9)16-12/h1-7H. The monoisotopic (exact) mass is 213 g/mol. The largest absolute Gasteiger partial charge is 0.448 e. The summed E-state index contributed by atoms with van der Waals surface area (Å²) in [6, 6.07) is 10.7. The Bertz CT molecular complexity index is 618. The molecule has 3 aromatic rings. The van der Waals surface area contributed by atoms with Gasteiger partial charge in [0.05, 0.1) is 0 Å². The highest BCUT2D eigenvalue weighted by molar-refractivity contribution is 5.76. The SMILES string of the molecule is O=Cc1ccc(-c2nc3ccccc3o2)o1. The van der Waals surface area contributed by atoms with E-state index in [0.717, 1.165) is 5.52 Å². The maximum atomic E-state index is 10.5. The van der Waals surface area contributed by atoms with E-state index in [2.05, 4.69) is 4.98 Å². The molecule has 0 radical (unpaired) electrons. The second kappa shape index (κ2) is 3.34. The minimum Gasteiger partial charge on any atom is -0.448 e. The predicted molar refractivity (Wildman–Crippen MR) is 57.1 cm³/mol. The van der Waals surface area contributed by atoms with Crippen molar-refractivity contribution in [1.29, 1.82) is 0 Å². The first-order valence-electron chi connectivity index (χ1n) is 4.78. The third-order valence-corrected chi connectivity index (χ3v) is 2.25. The molecule has 0 saturated heterocycles. The second-order valence-electron chi connectivity index (χ2n) is 3.31. The Morgan fingerprint density at radius 3 is 2.69 bits per heavy atom. The Morgan fingerprint density at radius 1 is 1.06 bits per heavy atom. The van der Waals surface area contributed by atoms with Crippen molar-refractivity contribution in [2.75, 3.05) is 0 Å². The minimum absolute atomic E-state index is 0.261. The molecule has 0 N–H and O–H groups in total. The summed E-state index contributed by atoms with van der Waals surface area (Å²) in [6.45, 7) is 0. The molecule has 4 nitrogen and oxygen atoms in total.